The van der Waals surface area contributed by atoms with E-state index in [-0.39, 0.29) is 6.04 Å². The van der Waals surface area contributed by atoms with E-state index in [0.717, 1.165) is 25.2 Å². The first kappa shape index (κ1) is 13.4. The third-order valence-corrected chi connectivity index (χ3v) is 3.83. The monoisotopic (exact) mass is 276 g/mol. The highest BCUT2D eigenvalue weighted by molar-refractivity contribution is 5.45. The normalized spacial score (nSPS) is 20.9. The van der Waals surface area contributed by atoms with Gasteiger partial charge in [0.15, 0.2) is 11.5 Å². The molecule has 0 spiro atoms. The summed E-state index contributed by atoms with van der Waals surface area (Å²) in [6.45, 7) is 2.87. The summed E-state index contributed by atoms with van der Waals surface area (Å²) in [6, 6.07) is 5.11. The molecule has 2 aliphatic rings. The Morgan fingerprint density at radius 2 is 1.85 bits per heavy atom. The minimum atomic E-state index is -0.699. The largest absolute Gasteiger partial charge is 0.458 e. The number of fused-ring (bicyclic) bond motifs is 1. The number of aliphatic hydroxyl groups is 1. The molecule has 2 heterocycles. The quantitative estimate of drug-likeness (QED) is 0.869. The van der Waals surface area contributed by atoms with Gasteiger partial charge in [0.1, 0.15) is 12.5 Å². The topological polar surface area (TPSA) is 68.0 Å². The Bertz CT molecular complexity index is 498. The molecule has 5 nitrogen and oxygen atoms in total. The molecule has 0 amide bonds. The van der Waals surface area contributed by atoms with Gasteiger partial charge in [-0.3, -0.25) is 0 Å². The van der Waals surface area contributed by atoms with E-state index in [4.69, 9.17) is 15.2 Å². The second kappa shape index (κ2) is 5.83. The molecule has 3 rings (SSSR count). The molecular formula is C15H20N2O3. The number of aliphatic hydroxyl groups excluding tert-OH is 1. The number of hydrogen-bond acceptors (Lipinski definition) is 5. The highest BCUT2D eigenvalue weighted by atomic mass is 16.5. The third-order valence-electron chi connectivity index (χ3n) is 3.83. The van der Waals surface area contributed by atoms with Crippen LogP contribution in [0, 0.1) is 0 Å². The average Bonchev–Trinajstić information content (AvgIpc) is 2.99. The Labute approximate surface area is 118 Å². The van der Waals surface area contributed by atoms with Crippen LogP contribution in [0.2, 0.25) is 0 Å². The van der Waals surface area contributed by atoms with Gasteiger partial charge in [-0.1, -0.05) is 6.07 Å². The van der Waals surface area contributed by atoms with Crippen molar-refractivity contribution in [2.24, 2.45) is 5.73 Å². The summed E-state index contributed by atoms with van der Waals surface area (Å²) < 4.78 is 10.7. The molecule has 108 valence electrons. The highest BCUT2D eigenvalue weighted by Gasteiger charge is 2.23. The van der Waals surface area contributed by atoms with E-state index in [1.54, 1.807) is 12.1 Å². The van der Waals surface area contributed by atoms with E-state index in [1.807, 2.05) is 6.07 Å². The second-order valence-corrected chi connectivity index (χ2v) is 5.33. The van der Waals surface area contributed by atoms with Gasteiger partial charge in [-0.25, -0.2) is 0 Å². The van der Waals surface area contributed by atoms with Crippen LogP contribution in [0.15, 0.2) is 30.7 Å². The van der Waals surface area contributed by atoms with Gasteiger partial charge < -0.3 is 25.2 Å². The zero-order chi connectivity index (χ0) is 13.9. The SMILES string of the molecule is N[C@H](CN1CCCC1)[C@H](O)c1ccc2c(c1)OC=CO2. The van der Waals surface area contributed by atoms with Crippen molar-refractivity contribution in [2.45, 2.75) is 25.0 Å². The van der Waals surface area contributed by atoms with E-state index in [0.29, 0.717) is 11.5 Å². The summed E-state index contributed by atoms with van der Waals surface area (Å²) >= 11 is 0. The van der Waals surface area contributed by atoms with Gasteiger partial charge in [0.05, 0.1) is 6.10 Å². The zero-order valence-electron chi connectivity index (χ0n) is 11.4. The van der Waals surface area contributed by atoms with Crippen molar-refractivity contribution in [1.29, 1.82) is 0 Å². The summed E-state index contributed by atoms with van der Waals surface area (Å²) in [5.41, 5.74) is 6.89. The lowest BCUT2D eigenvalue weighted by molar-refractivity contribution is 0.125. The first-order chi connectivity index (χ1) is 9.74. The van der Waals surface area contributed by atoms with Crippen LogP contribution in [0.25, 0.3) is 0 Å². The number of likely N-dealkylation sites (tertiary alicyclic amines) is 1. The van der Waals surface area contributed by atoms with Crippen molar-refractivity contribution in [3.63, 3.8) is 0 Å². The Morgan fingerprint density at radius 1 is 1.15 bits per heavy atom. The molecule has 2 aliphatic heterocycles. The first-order valence-electron chi connectivity index (χ1n) is 7.02. The lowest BCUT2D eigenvalue weighted by atomic mass is 10.0. The Morgan fingerprint density at radius 3 is 2.60 bits per heavy atom. The van der Waals surface area contributed by atoms with Gasteiger partial charge in [-0.05, 0) is 43.6 Å². The zero-order valence-corrected chi connectivity index (χ0v) is 11.4. The van der Waals surface area contributed by atoms with Gasteiger partial charge in [-0.15, -0.1) is 0 Å². The number of hydrogen-bond donors (Lipinski definition) is 2. The van der Waals surface area contributed by atoms with Crippen molar-refractivity contribution in [2.75, 3.05) is 19.6 Å². The number of benzene rings is 1. The second-order valence-electron chi connectivity index (χ2n) is 5.33. The van der Waals surface area contributed by atoms with Gasteiger partial charge in [-0.2, -0.15) is 0 Å². The van der Waals surface area contributed by atoms with Crippen molar-refractivity contribution < 1.29 is 14.6 Å². The Hall–Kier alpha value is -1.56. The minimum Gasteiger partial charge on any atom is -0.458 e. The molecule has 0 unspecified atom stereocenters. The summed E-state index contributed by atoms with van der Waals surface area (Å²) in [5, 5.41) is 10.4. The molecule has 1 fully saturated rings. The molecule has 0 radical (unpaired) electrons. The Balaban J connectivity index is 1.68. The van der Waals surface area contributed by atoms with Crippen LogP contribution in [0.1, 0.15) is 24.5 Å². The molecule has 1 aromatic rings. The lowest BCUT2D eigenvalue weighted by Crippen LogP contribution is -2.40. The van der Waals surface area contributed by atoms with Crippen LogP contribution in [0.3, 0.4) is 0 Å². The van der Waals surface area contributed by atoms with E-state index in [9.17, 15) is 5.11 Å². The van der Waals surface area contributed by atoms with E-state index >= 15 is 0 Å². The molecule has 3 N–H and O–H groups in total. The molecule has 0 bridgehead atoms. The van der Waals surface area contributed by atoms with Crippen LogP contribution in [-0.2, 0) is 0 Å². The lowest BCUT2D eigenvalue weighted by Gasteiger charge is -2.25. The molecule has 5 heteroatoms. The fourth-order valence-corrected chi connectivity index (χ4v) is 2.71. The van der Waals surface area contributed by atoms with Gasteiger partial charge in [0.2, 0.25) is 0 Å². The molecule has 20 heavy (non-hydrogen) atoms. The van der Waals surface area contributed by atoms with Crippen LogP contribution in [0.4, 0.5) is 0 Å². The van der Waals surface area contributed by atoms with Gasteiger partial charge in [0.25, 0.3) is 0 Å². The van der Waals surface area contributed by atoms with Crippen molar-refractivity contribution in [3.05, 3.63) is 36.3 Å². The first-order valence-corrected chi connectivity index (χ1v) is 7.02. The molecule has 0 aromatic heterocycles. The molecule has 1 saturated heterocycles. The Kier molecular flexibility index (Phi) is 3.91. The van der Waals surface area contributed by atoms with E-state index < -0.39 is 6.10 Å². The van der Waals surface area contributed by atoms with E-state index in [2.05, 4.69) is 4.90 Å². The van der Waals surface area contributed by atoms with Crippen molar-refractivity contribution >= 4 is 0 Å². The highest BCUT2D eigenvalue weighted by Crippen LogP contribution is 2.33. The van der Waals surface area contributed by atoms with Gasteiger partial charge in [0, 0.05) is 12.6 Å². The molecule has 1 aromatic carbocycles. The predicted octanol–water partition coefficient (Wildman–Crippen LogP) is 1.39. The fourth-order valence-electron chi connectivity index (χ4n) is 2.71. The van der Waals surface area contributed by atoms with Crippen molar-refractivity contribution in [1.82, 2.24) is 4.90 Å². The number of rotatable bonds is 4. The maximum atomic E-state index is 10.4. The van der Waals surface area contributed by atoms with Crippen LogP contribution < -0.4 is 15.2 Å². The molecule has 0 aliphatic carbocycles. The number of nitrogens with zero attached hydrogens (tertiary/aromatic N) is 1. The summed E-state index contributed by atoms with van der Waals surface area (Å²) in [5.74, 6) is 1.26. The molecular weight excluding hydrogens is 256 g/mol. The summed E-state index contributed by atoms with van der Waals surface area (Å²) in [6.07, 6.45) is 4.70. The minimum absolute atomic E-state index is 0.300. The standard InChI is InChI=1S/C15H20N2O3/c16-12(10-17-5-1-2-6-17)15(18)11-3-4-13-14(9-11)20-8-7-19-13/h3-4,7-9,12,15,18H,1-2,5-6,10,16H2/t12-,15-/m1/s1. The van der Waals surface area contributed by atoms with Crippen molar-refractivity contribution in [3.8, 4) is 11.5 Å². The smallest absolute Gasteiger partial charge is 0.169 e. The third kappa shape index (κ3) is 2.80. The van der Waals surface area contributed by atoms with Crippen LogP contribution in [-0.4, -0.2) is 35.7 Å². The predicted molar refractivity (Wildman–Crippen MR) is 75.4 cm³/mol. The maximum Gasteiger partial charge on any atom is 0.169 e. The van der Waals surface area contributed by atoms with Crippen LogP contribution in [0.5, 0.6) is 11.5 Å². The average molecular weight is 276 g/mol. The van der Waals surface area contributed by atoms with Gasteiger partial charge >= 0.3 is 0 Å². The fraction of sp³-hybridized carbons (Fsp3) is 0.467. The number of nitrogens with two attached hydrogens (primary N) is 1. The van der Waals surface area contributed by atoms with E-state index in [1.165, 1.54) is 25.4 Å². The molecule has 0 saturated carbocycles. The van der Waals surface area contributed by atoms with Crippen LogP contribution >= 0.6 is 0 Å². The number of ether oxygens (including phenoxy) is 2. The summed E-state index contributed by atoms with van der Waals surface area (Å²) in [7, 11) is 0. The summed E-state index contributed by atoms with van der Waals surface area (Å²) in [4.78, 5) is 2.30. The maximum absolute atomic E-state index is 10.4. The molecule has 2 atom stereocenters.